The van der Waals surface area contributed by atoms with Crippen molar-refractivity contribution in [3.8, 4) is 0 Å². The van der Waals surface area contributed by atoms with Crippen LogP contribution in [0.4, 0.5) is 0 Å². The first kappa shape index (κ1) is 13.9. The smallest absolute Gasteiger partial charge is 0.134 e. The van der Waals surface area contributed by atoms with Gasteiger partial charge in [-0.3, -0.25) is 0 Å². The third-order valence-electron chi connectivity index (χ3n) is 4.17. The standard InChI is InChI=1S/C19H21NO/c1-11-5-7-15(13(3)9-11)18(20)19-14(4)16-10-12(2)6-8-17(16)21-19/h5-10,18H,20H2,1-4H3. The normalized spacial score (nSPS) is 12.8. The van der Waals surface area contributed by atoms with Crippen molar-refractivity contribution in [1.82, 2.24) is 0 Å². The van der Waals surface area contributed by atoms with Crippen molar-refractivity contribution in [3.05, 3.63) is 70.0 Å². The van der Waals surface area contributed by atoms with Gasteiger partial charge in [0.05, 0.1) is 6.04 Å². The average molecular weight is 279 g/mol. The molecule has 2 N–H and O–H groups in total. The molecule has 1 aromatic heterocycles. The van der Waals surface area contributed by atoms with Gasteiger partial charge in [0, 0.05) is 10.9 Å². The van der Waals surface area contributed by atoms with Crippen molar-refractivity contribution < 1.29 is 4.42 Å². The minimum Gasteiger partial charge on any atom is -0.459 e. The van der Waals surface area contributed by atoms with Gasteiger partial charge in [-0.2, -0.15) is 0 Å². The molecule has 0 saturated carbocycles. The van der Waals surface area contributed by atoms with E-state index in [0.717, 1.165) is 27.9 Å². The van der Waals surface area contributed by atoms with Crippen molar-refractivity contribution in [3.63, 3.8) is 0 Å². The summed E-state index contributed by atoms with van der Waals surface area (Å²) in [5, 5.41) is 1.16. The molecule has 0 aliphatic rings. The third kappa shape index (κ3) is 2.36. The molecule has 2 heteroatoms. The molecule has 1 unspecified atom stereocenters. The van der Waals surface area contributed by atoms with Crippen LogP contribution in [0.25, 0.3) is 11.0 Å². The molecule has 3 aromatic rings. The summed E-state index contributed by atoms with van der Waals surface area (Å²) in [6.07, 6.45) is 0. The van der Waals surface area contributed by atoms with Gasteiger partial charge in [-0.1, -0.05) is 35.4 Å². The maximum Gasteiger partial charge on any atom is 0.134 e. The van der Waals surface area contributed by atoms with Crippen molar-refractivity contribution in [2.24, 2.45) is 5.73 Å². The Labute approximate surface area is 125 Å². The van der Waals surface area contributed by atoms with Gasteiger partial charge in [0.1, 0.15) is 11.3 Å². The second-order valence-corrected chi connectivity index (χ2v) is 5.93. The predicted octanol–water partition coefficient (Wildman–Crippen LogP) is 4.71. The lowest BCUT2D eigenvalue weighted by atomic mass is 9.96. The van der Waals surface area contributed by atoms with Crippen LogP contribution < -0.4 is 5.73 Å². The van der Waals surface area contributed by atoms with Crippen LogP contribution >= 0.6 is 0 Å². The number of benzene rings is 2. The summed E-state index contributed by atoms with van der Waals surface area (Å²) in [6.45, 7) is 8.38. The molecule has 3 rings (SSSR count). The van der Waals surface area contributed by atoms with Crippen LogP contribution in [0.2, 0.25) is 0 Å². The first-order chi connectivity index (χ1) is 9.97. The molecular formula is C19H21NO. The predicted molar refractivity (Wildman–Crippen MR) is 87.6 cm³/mol. The largest absolute Gasteiger partial charge is 0.459 e. The van der Waals surface area contributed by atoms with Gasteiger partial charge >= 0.3 is 0 Å². The van der Waals surface area contributed by atoms with Crippen LogP contribution in [0, 0.1) is 27.7 Å². The van der Waals surface area contributed by atoms with Crippen LogP contribution in [-0.4, -0.2) is 0 Å². The summed E-state index contributed by atoms with van der Waals surface area (Å²) in [6, 6.07) is 12.4. The van der Waals surface area contributed by atoms with Crippen LogP contribution in [0.1, 0.15) is 39.6 Å². The Morgan fingerprint density at radius 1 is 0.905 bits per heavy atom. The molecule has 0 spiro atoms. The Bertz CT molecular complexity index is 814. The zero-order valence-electron chi connectivity index (χ0n) is 13.0. The SMILES string of the molecule is Cc1ccc(C(N)c2oc3ccc(C)cc3c2C)c(C)c1. The molecule has 2 nitrogen and oxygen atoms in total. The second kappa shape index (κ2) is 5.05. The van der Waals surface area contributed by atoms with Gasteiger partial charge in [0.15, 0.2) is 0 Å². The Morgan fingerprint density at radius 2 is 1.57 bits per heavy atom. The monoisotopic (exact) mass is 279 g/mol. The molecular weight excluding hydrogens is 258 g/mol. The van der Waals surface area contributed by atoms with E-state index in [2.05, 4.69) is 58.0 Å². The van der Waals surface area contributed by atoms with E-state index in [-0.39, 0.29) is 6.04 Å². The number of fused-ring (bicyclic) bond motifs is 1. The van der Waals surface area contributed by atoms with Crippen LogP contribution in [0.3, 0.4) is 0 Å². The molecule has 1 heterocycles. The lowest BCUT2D eigenvalue weighted by Crippen LogP contribution is -2.13. The molecule has 0 aliphatic heterocycles. The number of nitrogens with two attached hydrogens (primary N) is 1. The van der Waals surface area contributed by atoms with E-state index in [0.29, 0.717) is 0 Å². The quantitative estimate of drug-likeness (QED) is 0.737. The molecule has 108 valence electrons. The van der Waals surface area contributed by atoms with Crippen molar-refractivity contribution in [1.29, 1.82) is 0 Å². The number of furan rings is 1. The highest BCUT2D eigenvalue weighted by Crippen LogP contribution is 2.33. The number of hydrogen-bond donors (Lipinski definition) is 1. The van der Waals surface area contributed by atoms with E-state index in [1.54, 1.807) is 0 Å². The molecule has 0 bridgehead atoms. The first-order valence-electron chi connectivity index (χ1n) is 7.29. The zero-order valence-corrected chi connectivity index (χ0v) is 13.0. The van der Waals surface area contributed by atoms with Gasteiger partial charge in [-0.15, -0.1) is 0 Å². The van der Waals surface area contributed by atoms with E-state index >= 15 is 0 Å². The van der Waals surface area contributed by atoms with Crippen LogP contribution in [0.5, 0.6) is 0 Å². The Balaban J connectivity index is 2.13. The van der Waals surface area contributed by atoms with Gasteiger partial charge in [0.2, 0.25) is 0 Å². The van der Waals surface area contributed by atoms with E-state index in [1.807, 2.05) is 6.07 Å². The van der Waals surface area contributed by atoms with Crippen LogP contribution in [0.15, 0.2) is 40.8 Å². The van der Waals surface area contributed by atoms with E-state index < -0.39 is 0 Å². The second-order valence-electron chi connectivity index (χ2n) is 5.93. The maximum atomic E-state index is 6.48. The van der Waals surface area contributed by atoms with Gasteiger partial charge in [-0.25, -0.2) is 0 Å². The minimum absolute atomic E-state index is 0.224. The summed E-state index contributed by atoms with van der Waals surface area (Å²) in [5.41, 5.74) is 13.3. The third-order valence-corrected chi connectivity index (χ3v) is 4.17. The molecule has 0 saturated heterocycles. The van der Waals surface area contributed by atoms with Gasteiger partial charge < -0.3 is 10.2 Å². The summed E-state index contributed by atoms with van der Waals surface area (Å²) < 4.78 is 6.03. The Hall–Kier alpha value is -2.06. The van der Waals surface area contributed by atoms with E-state index in [1.165, 1.54) is 16.7 Å². The van der Waals surface area contributed by atoms with Crippen molar-refractivity contribution in [2.45, 2.75) is 33.7 Å². The molecule has 2 aromatic carbocycles. The molecule has 0 radical (unpaired) electrons. The summed E-state index contributed by atoms with van der Waals surface area (Å²) >= 11 is 0. The van der Waals surface area contributed by atoms with Crippen molar-refractivity contribution in [2.75, 3.05) is 0 Å². The lowest BCUT2D eigenvalue weighted by Gasteiger charge is -2.14. The zero-order chi connectivity index (χ0) is 15.1. The summed E-state index contributed by atoms with van der Waals surface area (Å²) in [7, 11) is 0. The maximum absolute atomic E-state index is 6.48. The van der Waals surface area contributed by atoms with Crippen LogP contribution in [-0.2, 0) is 0 Å². The highest BCUT2D eigenvalue weighted by atomic mass is 16.3. The average Bonchev–Trinajstić information content (AvgIpc) is 2.75. The first-order valence-corrected chi connectivity index (χ1v) is 7.29. The summed E-state index contributed by atoms with van der Waals surface area (Å²) in [5.74, 6) is 0.863. The van der Waals surface area contributed by atoms with Gasteiger partial charge in [0.25, 0.3) is 0 Å². The number of rotatable bonds is 2. The number of hydrogen-bond acceptors (Lipinski definition) is 2. The fourth-order valence-corrected chi connectivity index (χ4v) is 2.97. The fraction of sp³-hybridized carbons (Fsp3) is 0.263. The molecule has 0 amide bonds. The number of aryl methyl sites for hydroxylation is 4. The highest BCUT2D eigenvalue weighted by molar-refractivity contribution is 5.83. The topological polar surface area (TPSA) is 39.2 Å². The Morgan fingerprint density at radius 3 is 2.29 bits per heavy atom. The van der Waals surface area contributed by atoms with Gasteiger partial charge in [-0.05, 0) is 51.0 Å². The Kier molecular flexibility index (Phi) is 3.34. The fourth-order valence-electron chi connectivity index (χ4n) is 2.97. The van der Waals surface area contributed by atoms with E-state index in [9.17, 15) is 0 Å². The highest BCUT2D eigenvalue weighted by Gasteiger charge is 2.20. The van der Waals surface area contributed by atoms with Crippen molar-refractivity contribution >= 4 is 11.0 Å². The molecule has 0 aliphatic carbocycles. The minimum atomic E-state index is -0.224. The molecule has 1 atom stereocenters. The lowest BCUT2D eigenvalue weighted by molar-refractivity contribution is 0.520. The molecule has 21 heavy (non-hydrogen) atoms. The van der Waals surface area contributed by atoms with E-state index in [4.69, 9.17) is 10.2 Å². The summed E-state index contributed by atoms with van der Waals surface area (Å²) in [4.78, 5) is 0. The molecule has 0 fully saturated rings.